The second-order valence-corrected chi connectivity index (χ2v) is 15.1. The number of para-hydroxylation sites is 1. The number of hydrogen-bond acceptors (Lipinski definition) is 4. The second-order valence-electron chi connectivity index (χ2n) is 15.1. The Morgan fingerprint density at radius 1 is 0.288 bits per heavy atom. The molecule has 0 amide bonds. The minimum absolute atomic E-state index is 0.624. The van der Waals surface area contributed by atoms with Crippen LogP contribution in [-0.4, -0.2) is 15.0 Å². The third-order valence-corrected chi connectivity index (χ3v) is 11.7. The molecule has 0 aliphatic carbocycles. The van der Waals surface area contributed by atoms with E-state index in [4.69, 9.17) is 19.4 Å². The normalized spacial score (nSPS) is 11.7. The maximum Gasteiger partial charge on any atom is 0.164 e. The molecular weight excluding hydrogens is 719 g/mol. The summed E-state index contributed by atoms with van der Waals surface area (Å²) < 4.78 is 6.83. The number of fused-ring (bicyclic) bond motifs is 8. The van der Waals surface area contributed by atoms with E-state index >= 15 is 0 Å². The molecule has 0 aliphatic heterocycles. The predicted molar refractivity (Wildman–Crippen MR) is 244 cm³/mol. The fourth-order valence-corrected chi connectivity index (χ4v) is 8.87. The van der Waals surface area contributed by atoms with Crippen molar-refractivity contribution in [2.45, 2.75) is 0 Å². The zero-order valence-electron chi connectivity index (χ0n) is 31.8. The van der Waals surface area contributed by atoms with E-state index in [9.17, 15) is 0 Å². The van der Waals surface area contributed by atoms with Gasteiger partial charge in [-0.15, -0.1) is 0 Å². The van der Waals surface area contributed by atoms with E-state index in [2.05, 4.69) is 194 Å². The van der Waals surface area contributed by atoms with Crippen molar-refractivity contribution in [3.8, 4) is 56.4 Å². The highest BCUT2D eigenvalue weighted by Crippen LogP contribution is 2.46. The Bertz CT molecular complexity index is 3530. The monoisotopic (exact) mass is 751 g/mol. The van der Waals surface area contributed by atoms with E-state index in [0.29, 0.717) is 17.5 Å². The summed E-state index contributed by atoms with van der Waals surface area (Å²) in [5.41, 5.74) is 9.13. The molecule has 2 heterocycles. The third-order valence-electron chi connectivity index (χ3n) is 11.7. The van der Waals surface area contributed by atoms with Crippen molar-refractivity contribution in [1.29, 1.82) is 0 Å². The minimum atomic E-state index is 0.624. The topological polar surface area (TPSA) is 51.8 Å². The van der Waals surface area contributed by atoms with Gasteiger partial charge in [0, 0.05) is 32.8 Å². The summed E-state index contributed by atoms with van der Waals surface area (Å²) in [5.74, 6) is 1.89. The quantitative estimate of drug-likeness (QED) is 0.176. The highest BCUT2D eigenvalue weighted by Gasteiger charge is 2.22. The average molecular weight is 752 g/mol. The molecule has 4 nitrogen and oxygen atoms in total. The maximum absolute atomic E-state index is 6.83. The van der Waals surface area contributed by atoms with Crippen LogP contribution in [0, 0.1) is 0 Å². The van der Waals surface area contributed by atoms with Gasteiger partial charge in [0.05, 0.1) is 0 Å². The number of furan rings is 1. The van der Waals surface area contributed by atoms with Crippen LogP contribution in [0.15, 0.2) is 205 Å². The highest BCUT2D eigenvalue weighted by atomic mass is 16.3. The first kappa shape index (κ1) is 33.2. The zero-order valence-corrected chi connectivity index (χ0v) is 31.8. The van der Waals surface area contributed by atoms with Crippen LogP contribution in [0.2, 0.25) is 0 Å². The summed E-state index contributed by atoms with van der Waals surface area (Å²) in [5, 5.41) is 11.2. The van der Waals surface area contributed by atoms with E-state index in [1.54, 1.807) is 0 Å². The van der Waals surface area contributed by atoms with Gasteiger partial charge in [0.2, 0.25) is 0 Å². The van der Waals surface area contributed by atoms with Crippen LogP contribution in [0.25, 0.3) is 121 Å². The third kappa shape index (κ3) is 5.49. The first-order valence-electron chi connectivity index (χ1n) is 19.9. The van der Waals surface area contributed by atoms with E-state index in [1.807, 2.05) is 6.07 Å². The van der Waals surface area contributed by atoms with Gasteiger partial charge in [0.1, 0.15) is 11.2 Å². The molecule has 12 rings (SSSR count). The van der Waals surface area contributed by atoms with Gasteiger partial charge in [0.15, 0.2) is 17.5 Å². The molecule has 0 unspecified atom stereocenters. The number of aromatic nitrogens is 3. The van der Waals surface area contributed by atoms with Crippen molar-refractivity contribution in [2.75, 3.05) is 0 Å². The molecule has 0 spiro atoms. The van der Waals surface area contributed by atoms with Gasteiger partial charge in [-0.25, -0.2) is 15.0 Å². The molecule has 0 radical (unpaired) electrons. The average Bonchev–Trinajstić information content (AvgIpc) is 3.70. The van der Waals surface area contributed by atoms with Crippen LogP contribution in [-0.2, 0) is 0 Å². The standard InChI is InChI=1S/C55H33N3O/c1-2-15-36(16-3-1)42-23-12-19-39-33-48(51-47-22-10-11-24-49(47)59-52(51)50(39)42)45-29-30-46(44-21-9-8-20-43(44)45)55-57-53(40-27-25-34-13-4-6-17-37(34)31-40)56-54(58-55)41-28-26-35-14-5-7-18-38(35)32-41/h1-33H. The van der Waals surface area contributed by atoms with E-state index in [1.165, 1.54) is 10.8 Å². The van der Waals surface area contributed by atoms with Crippen molar-refractivity contribution in [2.24, 2.45) is 0 Å². The molecule has 0 fully saturated rings. The van der Waals surface area contributed by atoms with Crippen molar-refractivity contribution in [1.82, 2.24) is 15.0 Å². The number of rotatable bonds is 5. The van der Waals surface area contributed by atoms with Crippen molar-refractivity contribution in [3.05, 3.63) is 200 Å². The Morgan fingerprint density at radius 3 is 1.53 bits per heavy atom. The van der Waals surface area contributed by atoms with Gasteiger partial charge in [-0.3, -0.25) is 0 Å². The molecular formula is C55H33N3O. The molecule has 0 bridgehead atoms. The number of nitrogens with zero attached hydrogens (tertiary/aromatic N) is 3. The highest BCUT2D eigenvalue weighted by molar-refractivity contribution is 6.25. The van der Waals surface area contributed by atoms with Gasteiger partial charge in [-0.05, 0) is 90.3 Å². The fraction of sp³-hybridized carbons (Fsp3) is 0. The van der Waals surface area contributed by atoms with Crippen LogP contribution >= 0.6 is 0 Å². The first-order valence-corrected chi connectivity index (χ1v) is 19.9. The lowest BCUT2D eigenvalue weighted by Gasteiger charge is -2.15. The molecule has 0 atom stereocenters. The number of benzene rings is 10. The summed E-state index contributed by atoms with van der Waals surface area (Å²) in [4.78, 5) is 15.6. The van der Waals surface area contributed by atoms with Crippen LogP contribution in [0.3, 0.4) is 0 Å². The summed E-state index contributed by atoms with van der Waals surface area (Å²) >= 11 is 0. The predicted octanol–water partition coefficient (Wildman–Crippen LogP) is 14.7. The maximum atomic E-state index is 6.83. The molecule has 59 heavy (non-hydrogen) atoms. The molecule has 274 valence electrons. The van der Waals surface area contributed by atoms with Crippen LogP contribution < -0.4 is 0 Å². The van der Waals surface area contributed by atoms with Crippen molar-refractivity contribution in [3.63, 3.8) is 0 Å². The second kappa shape index (κ2) is 13.3. The van der Waals surface area contributed by atoms with Crippen molar-refractivity contribution < 1.29 is 4.42 Å². The molecule has 12 aromatic rings. The lowest BCUT2D eigenvalue weighted by Crippen LogP contribution is -2.01. The zero-order chi connectivity index (χ0) is 38.9. The summed E-state index contributed by atoms with van der Waals surface area (Å²) in [6.45, 7) is 0. The SMILES string of the molecule is c1ccc(-c2cccc3cc(-c4ccc(-c5nc(-c6ccc7ccccc7c6)nc(-c6ccc7ccccc7c6)n5)c5ccccc45)c4c5ccccc5oc4c23)cc1. The smallest absolute Gasteiger partial charge is 0.164 e. The Hall–Kier alpha value is -7.95. The lowest BCUT2D eigenvalue weighted by atomic mass is 9.88. The Morgan fingerprint density at radius 2 is 0.831 bits per heavy atom. The summed E-state index contributed by atoms with van der Waals surface area (Å²) in [6.07, 6.45) is 0. The van der Waals surface area contributed by atoms with E-state index in [-0.39, 0.29) is 0 Å². The Balaban J connectivity index is 1.10. The van der Waals surface area contributed by atoms with E-state index < -0.39 is 0 Å². The molecule has 0 aliphatic rings. The van der Waals surface area contributed by atoms with Gasteiger partial charge in [0.25, 0.3) is 0 Å². The Labute approximate surface area is 339 Å². The van der Waals surface area contributed by atoms with Gasteiger partial charge in [-0.1, -0.05) is 170 Å². The largest absolute Gasteiger partial charge is 0.455 e. The van der Waals surface area contributed by atoms with Gasteiger partial charge >= 0.3 is 0 Å². The fourth-order valence-electron chi connectivity index (χ4n) is 8.87. The van der Waals surface area contributed by atoms with Crippen molar-refractivity contribution >= 4 is 65.0 Å². The lowest BCUT2D eigenvalue weighted by molar-refractivity contribution is 0.673. The van der Waals surface area contributed by atoms with Crippen LogP contribution in [0.1, 0.15) is 0 Å². The molecule has 0 N–H and O–H groups in total. The molecule has 4 heteroatoms. The molecule has 2 aromatic heterocycles. The van der Waals surface area contributed by atoms with Gasteiger partial charge in [-0.2, -0.15) is 0 Å². The summed E-state index contributed by atoms with van der Waals surface area (Å²) in [7, 11) is 0. The minimum Gasteiger partial charge on any atom is -0.455 e. The first-order chi connectivity index (χ1) is 29.2. The molecule has 0 saturated carbocycles. The molecule has 10 aromatic carbocycles. The Kier molecular flexibility index (Phi) is 7.50. The summed E-state index contributed by atoms with van der Waals surface area (Å²) in [6, 6.07) is 70.5. The molecule has 0 saturated heterocycles. The number of hydrogen-bond donors (Lipinski definition) is 0. The van der Waals surface area contributed by atoms with E-state index in [0.717, 1.165) is 93.2 Å². The van der Waals surface area contributed by atoms with Crippen LogP contribution in [0.5, 0.6) is 0 Å². The van der Waals surface area contributed by atoms with Crippen LogP contribution in [0.4, 0.5) is 0 Å². The van der Waals surface area contributed by atoms with Gasteiger partial charge < -0.3 is 4.42 Å².